The number of nitrogens with zero attached hydrogens (tertiary/aromatic N) is 1. The molecule has 120 valence electrons. The summed E-state index contributed by atoms with van der Waals surface area (Å²) in [7, 11) is 1.74. The lowest BCUT2D eigenvalue weighted by Crippen LogP contribution is -2.25. The first-order valence-corrected chi connectivity index (χ1v) is 7.50. The number of carbonyl (C=O) groups excluding carboxylic acids is 1. The minimum atomic E-state index is -0.313. The van der Waals surface area contributed by atoms with Gasteiger partial charge in [0.25, 0.3) is 5.91 Å². The molecule has 0 aliphatic heterocycles. The Kier molecular flexibility index (Phi) is 4.57. The second kappa shape index (κ2) is 6.96. The van der Waals surface area contributed by atoms with Gasteiger partial charge in [0, 0.05) is 18.3 Å². The molecule has 0 saturated heterocycles. The van der Waals surface area contributed by atoms with E-state index in [1.165, 1.54) is 12.1 Å². The first-order chi connectivity index (χ1) is 11.6. The second-order valence-corrected chi connectivity index (χ2v) is 5.28. The molecule has 0 N–H and O–H groups in total. The normalized spacial score (nSPS) is 10.2. The molecule has 0 bridgehead atoms. The summed E-state index contributed by atoms with van der Waals surface area (Å²) in [6.45, 7) is 0. The van der Waals surface area contributed by atoms with E-state index in [1.54, 1.807) is 48.3 Å². The summed E-state index contributed by atoms with van der Waals surface area (Å²) in [5.41, 5.74) is 1.39. The molecule has 0 radical (unpaired) electrons. The van der Waals surface area contributed by atoms with Crippen LogP contribution >= 0.6 is 0 Å². The van der Waals surface area contributed by atoms with Crippen molar-refractivity contribution in [2.75, 3.05) is 11.9 Å². The fraction of sp³-hybridized carbons (Fsp3) is 0.0500. The molecular weight excluding hydrogens is 305 g/mol. The lowest BCUT2D eigenvalue weighted by Gasteiger charge is -2.17. The average molecular weight is 321 g/mol. The summed E-state index contributed by atoms with van der Waals surface area (Å²) in [5, 5.41) is 0. The Labute approximate surface area is 139 Å². The Morgan fingerprint density at radius 3 is 1.96 bits per heavy atom. The smallest absolute Gasteiger partial charge is 0.258 e. The van der Waals surface area contributed by atoms with Crippen LogP contribution < -0.4 is 9.64 Å². The van der Waals surface area contributed by atoms with Crippen molar-refractivity contribution >= 4 is 11.6 Å². The van der Waals surface area contributed by atoms with Gasteiger partial charge in [0.05, 0.1) is 0 Å². The molecule has 24 heavy (non-hydrogen) atoms. The molecule has 0 spiro atoms. The topological polar surface area (TPSA) is 29.5 Å². The molecular formula is C20H16FNO2. The molecule has 0 unspecified atom stereocenters. The van der Waals surface area contributed by atoms with Crippen molar-refractivity contribution in [3.63, 3.8) is 0 Å². The van der Waals surface area contributed by atoms with Gasteiger partial charge in [0.1, 0.15) is 17.3 Å². The van der Waals surface area contributed by atoms with E-state index in [1.807, 2.05) is 30.3 Å². The van der Waals surface area contributed by atoms with E-state index in [2.05, 4.69) is 0 Å². The van der Waals surface area contributed by atoms with E-state index in [0.29, 0.717) is 17.1 Å². The van der Waals surface area contributed by atoms with Gasteiger partial charge in [-0.15, -0.1) is 0 Å². The molecule has 0 aliphatic rings. The average Bonchev–Trinajstić information content (AvgIpc) is 2.64. The maximum atomic E-state index is 12.9. The van der Waals surface area contributed by atoms with Gasteiger partial charge in [-0.2, -0.15) is 0 Å². The van der Waals surface area contributed by atoms with Crippen LogP contribution in [-0.2, 0) is 0 Å². The Hall–Kier alpha value is -3.14. The van der Waals surface area contributed by atoms with Crippen LogP contribution in [0.25, 0.3) is 0 Å². The maximum absolute atomic E-state index is 12.9. The lowest BCUT2D eigenvalue weighted by molar-refractivity contribution is 0.0993. The Morgan fingerprint density at radius 2 is 1.38 bits per heavy atom. The third-order valence-electron chi connectivity index (χ3n) is 3.60. The maximum Gasteiger partial charge on any atom is 0.258 e. The zero-order valence-corrected chi connectivity index (χ0v) is 13.1. The van der Waals surface area contributed by atoms with Crippen LogP contribution in [0.4, 0.5) is 10.1 Å². The molecule has 4 heteroatoms. The highest BCUT2D eigenvalue weighted by Gasteiger charge is 2.13. The first-order valence-electron chi connectivity index (χ1n) is 7.50. The minimum Gasteiger partial charge on any atom is -0.457 e. The predicted octanol–water partition coefficient (Wildman–Crippen LogP) is 4.89. The van der Waals surface area contributed by atoms with Gasteiger partial charge in [0.15, 0.2) is 0 Å². The van der Waals surface area contributed by atoms with Crippen molar-refractivity contribution in [1.82, 2.24) is 0 Å². The van der Waals surface area contributed by atoms with Crippen LogP contribution in [0.3, 0.4) is 0 Å². The van der Waals surface area contributed by atoms with Crippen molar-refractivity contribution in [2.24, 2.45) is 0 Å². The SMILES string of the molecule is CN(C(=O)c1ccc(Oc2ccc(F)cc2)cc1)c1ccccc1. The number of hydrogen-bond acceptors (Lipinski definition) is 2. The Bertz CT molecular complexity index is 815. The fourth-order valence-electron chi connectivity index (χ4n) is 2.27. The number of rotatable bonds is 4. The number of para-hydroxylation sites is 1. The van der Waals surface area contributed by atoms with Crippen molar-refractivity contribution in [1.29, 1.82) is 0 Å². The summed E-state index contributed by atoms with van der Waals surface area (Å²) in [6, 6.07) is 22.1. The highest BCUT2D eigenvalue weighted by atomic mass is 19.1. The fourth-order valence-corrected chi connectivity index (χ4v) is 2.27. The molecule has 0 fully saturated rings. The van der Waals surface area contributed by atoms with E-state index in [4.69, 9.17) is 4.74 Å². The highest BCUT2D eigenvalue weighted by molar-refractivity contribution is 6.05. The molecule has 0 saturated carbocycles. The molecule has 3 nitrogen and oxygen atoms in total. The van der Waals surface area contributed by atoms with Gasteiger partial charge >= 0.3 is 0 Å². The van der Waals surface area contributed by atoms with E-state index in [9.17, 15) is 9.18 Å². The van der Waals surface area contributed by atoms with Gasteiger partial charge in [0.2, 0.25) is 0 Å². The first kappa shape index (κ1) is 15.7. The molecule has 0 aliphatic carbocycles. The quantitative estimate of drug-likeness (QED) is 0.684. The third-order valence-corrected chi connectivity index (χ3v) is 3.60. The molecule has 3 rings (SSSR count). The second-order valence-electron chi connectivity index (χ2n) is 5.28. The predicted molar refractivity (Wildman–Crippen MR) is 92.1 cm³/mol. The van der Waals surface area contributed by atoms with Crippen LogP contribution in [-0.4, -0.2) is 13.0 Å². The zero-order valence-electron chi connectivity index (χ0n) is 13.1. The number of amides is 1. The van der Waals surface area contributed by atoms with E-state index < -0.39 is 0 Å². The number of hydrogen-bond donors (Lipinski definition) is 0. The van der Waals surface area contributed by atoms with Crippen molar-refractivity contribution in [3.05, 3.63) is 90.2 Å². The van der Waals surface area contributed by atoms with Crippen LogP contribution in [0.5, 0.6) is 11.5 Å². The number of anilines is 1. The largest absolute Gasteiger partial charge is 0.457 e. The number of halogens is 1. The molecule has 3 aromatic carbocycles. The van der Waals surface area contributed by atoms with Gasteiger partial charge in [-0.05, 0) is 60.7 Å². The molecule has 0 heterocycles. The van der Waals surface area contributed by atoms with Crippen molar-refractivity contribution in [3.8, 4) is 11.5 Å². The van der Waals surface area contributed by atoms with Crippen molar-refractivity contribution < 1.29 is 13.9 Å². The Morgan fingerprint density at radius 1 is 0.833 bits per heavy atom. The third kappa shape index (κ3) is 3.60. The highest BCUT2D eigenvalue weighted by Crippen LogP contribution is 2.23. The summed E-state index contributed by atoms with van der Waals surface area (Å²) < 4.78 is 18.5. The summed E-state index contributed by atoms with van der Waals surface area (Å²) in [5.74, 6) is 0.708. The van der Waals surface area contributed by atoms with Crippen LogP contribution in [0.15, 0.2) is 78.9 Å². The van der Waals surface area contributed by atoms with Crippen LogP contribution in [0.1, 0.15) is 10.4 Å². The monoisotopic (exact) mass is 321 g/mol. The summed E-state index contributed by atoms with van der Waals surface area (Å²) >= 11 is 0. The molecule has 1 amide bonds. The van der Waals surface area contributed by atoms with Gasteiger partial charge in [-0.3, -0.25) is 4.79 Å². The molecule has 0 atom stereocenters. The Balaban J connectivity index is 1.72. The van der Waals surface area contributed by atoms with Crippen LogP contribution in [0, 0.1) is 5.82 Å². The summed E-state index contributed by atoms with van der Waals surface area (Å²) in [4.78, 5) is 14.1. The van der Waals surface area contributed by atoms with E-state index >= 15 is 0 Å². The van der Waals surface area contributed by atoms with Gasteiger partial charge in [-0.25, -0.2) is 4.39 Å². The number of benzene rings is 3. The number of ether oxygens (including phenoxy) is 1. The molecule has 3 aromatic rings. The van der Waals surface area contributed by atoms with Crippen LogP contribution in [0.2, 0.25) is 0 Å². The van der Waals surface area contributed by atoms with Gasteiger partial charge in [-0.1, -0.05) is 18.2 Å². The molecule has 0 aromatic heterocycles. The van der Waals surface area contributed by atoms with Gasteiger partial charge < -0.3 is 9.64 Å². The standard InChI is InChI=1S/C20H16FNO2/c1-22(17-5-3-2-4-6-17)20(23)15-7-11-18(12-8-15)24-19-13-9-16(21)10-14-19/h2-14H,1H3. The zero-order chi connectivity index (χ0) is 16.9. The number of carbonyl (C=O) groups is 1. The summed E-state index contributed by atoms with van der Waals surface area (Å²) in [6.07, 6.45) is 0. The van der Waals surface area contributed by atoms with E-state index in [0.717, 1.165) is 5.69 Å². The lowest BCUT2D eigenvalue weighted by atomic mass is 10.2. The minimum absolute atomic E-state index is 0.102. The van der Waals surface area contributed by atoms with E-state index in [-0.39, 0.29) is 11.7 Å². The van der Waals surface area contributed by atoms with Crippen molar-refractivity contribution in [2.45, 2.75) is 0 Å².